The summed E-state index contributed by atoms with van der Waals surface area (Å²) in [5, 5.41) is 8.47. The third-order valence-electron chi connectivity index (χ3n) is 5.27. The number of para-hydroxylation sites is 2. The molecule has 2 N–H and O–H groups in total. The number of benzene rings is 2. The van der Waals surface area contributed by atoms with E-state index in [2.05, 4.69) is 16.3 Å². The fourth-order valence-electron chi connectivity index (χ4n) is 3.64. The molecule has 8 heteroatoms. The molecule has 0 radical (unpaired) electrons. The van der Waals surface area contributed by atoms with Gasteiger partial charge in [-0.2, -0.15) is 0 Å². The first kappa shape index (κ1) is 20.3. The molecule has 0 spiro atoms. The van der Waals surface area contributed by atoms with E-state index in [4.69, 9.17) is 10.6 Å². The van der Waals surface area contributed by atoms with Crippen LogP contribution in [0, 0.1) is 13.8 Å². The quantitative estimate of drug-likeness (QED) is 0.484. The highest BCUT2D eigenvalue weighted by atomic mass is 32.2. The van der Waals surface area contributed by atoms with Gasteiger partial charge in [-0.1, -0.05) is 48.2 Å². The van der Waals surface area contributed by atoms with Crippen molar-refractivity contribution < 1.29 is 9.53 Å². The lowest BCUT2D eigenvalue weighted by Crippen LogP contribution is -2.35. The van der Waals surface area contributed by atoms with Crippen molar-refractivity contribution in [1.82, 2.24) is 14.9 Å². The van der Waals surface area contributed by atoms with E-state index in [9.17, 15) is 4.79 Å². The van der Waals surface area contributed by atoms with Crippen LogP contribution >= 0.6 is 11.8 Å². The third-order valence-corrected chi connectivity index (χ3v) is 6.32. The Balaban J connectivity index is 1.42. The van der Waals surface area contributed by atoms with Gasteiger partial charge in [-0.15, -0.1) is 10.2 Å². The smallest absolute Gasteiger partial charge is 0.240 e. The Bertz CT molecular complexity index is 1060. The molecule has 1 unspecified atom stereocenters. The number of aryl methyl sites for hydroxylation is 2. The maximum Gasteiger partial charge on any atom is 0.240 e. The summed E-state index contributed by atoms with van der Waals surface area (Å²) in [6.07, 6.45) is 0.881. The van der Waals surface area contributed by atoms with Crippen LogP contribution < -0.4 is 15.5 Å². The number of carbonyl (C=O) groups excluding carboxylic acids is 1. The fourth-order valence-corrected chi connectivity index (χ4v) is 4.50. The summed E-state index contributed by atoms with van der Waals surface area (Å²) in [4.78, 5) is 14.8. The van der Waals surface area contributed by atoms with Crippen LogP contribution in [0.2, 0.25) is 0 Å². The first-order valence-electron chi connectivity index (χ1n) is 9.90. The number of hydrogen-bond acceptors (Lipinski definition) is 6. The Morgan fingerprint density at radius 2 is 1.90 bits per heavy atom. The monoisotopic (exact) mass is 423 g/mol. The van der Waals surface area contributed by atoms with Crippen molar-refractivity contribution in [2.45, 2.75) is 44.2 Å². The minimum atomic E-state index is -0.338. The Kier molecular flexibility index (Phi) is 5.67. The van der Waals surface area contributed by atoms with Crippen molar-refractivity contribution in [3.05, 3.63) is 65.0 Å². The fraction of sp³-hybridized carbons (Fsp3) is 0.318. The number of ether oxygens (including phenoxy) is 1. The lowest BCUT2D eigenvalue weighted by Gasteiger charge is -2.21. The predicted molar refractivity (Wildman–Crippen MR) is 118 cm³/mol. The van der Waals surface area contributed by atoms with Crippen LogP contribution in [0.3, 0.4) is 0 Å². The number of carbonyl (C=O) groups is 1. The molecule has 1 atom stereocenters. The van der Waals surface area contributed by atoms with Crippen LogP contribution in [-0.4, -0.2) is 32.6 Å². The zero-order chi connectivity index (χ0) is 21.3. The van der Waals surface area contributed by atoms with Gasteiger partial charge in [-0.05, 0) is 49.9 Å². The van der Waals surface area contributed by atoms with Gasteiger partial charge in [0.05, 0.1) is 5.25 Å². The van der Waals surface area contributed by atoms with Crippen LogP contribution in [0.5, 0.6) is 5.75 Å². The molecule has 2 heterocycles. The van der Waals surface area contributed by atoms with Gasteiger partial charge in [0.15, 0.2) is 5.82 Å². The third kappa shape index (κ3) is 3.87. The number of nitrogens with two attached hydrogens (primary N) is 1. The molecule has 156 valence electrons. The average molecular weight is 424 g/mol. The van der Waals surface area contributed by atoms with Gasteiger partial charge in [0.2, 0.25) is 11.1 Å². The Labute approximate surface area is 180 Å². The largest absolute Gasteiger partial charge is 0.485 e. The zero-order valence-electron chi connectivity index (χ0n) is 17.3. The maximum absolute atomic E-state index is 13.0. The first-order valence-corrected chi connectivity index (χ1v) is 10.8. The number of fused-ring (bicyclic) bond motifs is 1. The minimum Gasteiger partial charge on any atom is -0.485 e. The molecular formula is C22H25N5O2S. The van der Waals surface area contributed by atoms with Crippen LogP contribution in [0.1, 0.15) is 29.4 Å². The molecule has 1 amide bonds. The summed E-state index contributed by atoms with van der Waals surface area (Å²) in [7, 11) is 0. The van der Waals surface area contributed by atoms with Gasteiger partial charge in [0.1, 0.15) is 12.4 Å². The molecule has 2 aromatic carbocycles. The first-order chi connectivity index (χ1) is 14.5. The average Bonchev–Trinajstić information content (AvgIpc) is 3.31. The SMILES string of the molecule is Cc1cccc(C)c1OCc1nnc(SC(C)C(=O)N2CCc3ccccc32)n1N. The van der Waals surface area contributed by atoms with Gasteiger partial charge >= 0.3 is 0 Å². The van der Waals surface area contributed by atoms with Crippen LogP contribution in [-0.2, 0) is 17.8 Å². The van der Waals surface area contributed by atoms with E-state index in [0.29, 0.717) is 17.5 Å². The molecule has 1 aromatic heterocycles. The van der Waals surface area contributed by atoms with Crippen molar-refractivity contribution >= 4 is 23.4 Å². The number of amides is 1. The summed E-state index contributed by atoms with van der Waals surface area (Å²) in [6.45, 7) is 6.78. The molecule has 0 bridgehead atoms. The molecule has 0 saturated heterocycles. The molecule has 7 nitrogen and oxygen atoms in total. The van der Waals surface area contributed by atoms with Crippen LogP contribution in [0.25, 0.3) is 0 Å². The molecule has 0 aliphatic carbocycles. The van der Waals surface area contributed by atoms with Gasteiger partial charge in [-0.3, -0.25) is 4.79 Å². The van der Waals surface area contributed by atoms with Crippen molar-refractivity contribution in [1.29, 1.82) is 0 Å². The molecule has 3 aromatic rings. The molecule has 0 fully saturated rings. The summed E-state index contributed by atoms with van der Waals surface area (Å²) < 4.78 is 7.34. The molecular weight excluding hydrogens is 398 g/mol. The standard InChI is InChI=1S/C22H25N5O2S/c1-14-7-6-8-15(2)20(14)29-13-19-24-25-22(27(19)23)30-16(3)21(28)26-12-11-17-9-4-5-10-18(17)26/h4-10,16H,11-13,23H2,1-3H3. The van der Waals surface area contributed by atoms with E-state index in [1.807, 2.05) is 62.1 Å². The zero-order valence-corrected chi connectivity index (χ0v) is 18.1. The van der Waals surface area contributed by atoms with E-state index < -0.39 is 0 Å². The molecule has 0 saturated carbocycles. The van der Waals surface area contributed by atoms with E-state index in [1.165, 1.54) is 22.0 Å². The van der Waals surface area contributed by atoms with E-state index >= 15 is 0 Å². The highest BCUT2D eigenvalue weighted by Crippen LogP contribution is 2.31. The molecule has 4 rings (SSSR count). The van der Waals surface area contributed by atoms with Crippen molar-refractivity contribution in [3.63, 3.8) is 0 Å². The second-order valence-corrected chi connectivity index (χ2v) is 8.72. The maximum atomic E-state index is 13.0. The van der Waals surface area contributed by atoms with Gasteiger partial charge in [0.25, 0.3) is 0 Å². The number of nitrogen functional groups attached to an aromatic ring is 1. The summed E-state index contributed by atoms with van der Waals surface area (Å²) >= 11 is 1.31. The molecule has 1 aliphatic rings. The van der Waals surface area contributed by atoms with E-state index in [-0.39, 0.29) is 17.8 Å². The van der Waals surface area contributed by atoms with Crippen LogP contribution in [0.4, 0.5) is 5.69 Å². The number of thioether (sulfide) groups is 1. The predicted octanol–water partition coefficient (Wildman–Crippen LogP) is 3.26. The lowest BCUT2D eigenvalue weighted by atomic mass is 10.1. The van der Waals surface area contributed by atoms with Gasteiger partial charge < -0.3 is 15.5 Å². The van der Waals surface area contributed by atoms with E-state index in [0.717, 1.165) is 29.0 Å². The second kappa shape index (κ2) is 8.39. The second-order valence-electron chi connectivity index (χ2n) is 7.41. The van der Waals surface area contributed by atoms with E-state index in [1.54, 1.807) is 0 Å². The summed E-state index contributed by atoms with van der Waals surface area (Å²) in [5.74, 6) is 7.56. The topological polar surface area (TPSA) is 86.3 Å². The summed E-state index contributed by atoms with van der Waals surface area (Å²) in [6, 6.07) is 14.0. The highest BCUT2D eigenvalue weighted by Gasteiger charge is 2.29. The number of anilines is 1. The number of aromatic nitrogens is 3. The Morgan fingerprint density at radius 1 is 1.17 bits per heavy atom. The van der Waals surface area contributed by atoms with Gasteiger partial charge in [0, 0.05) is 12.2 Å². The number of nitrogens with zero attached hydrogens (tertiary/aromatic N) is 4. The Hall–Kier alpha value is -3.00. The van der Waals surface area contributed by atoms with Crippen LogP contribution in [0.15, 0.2) is 47.6 Å². The minimum absolute atomic E-state index is 0.0429. The number of rotatable bonds is 6. The summed E-state index contributed by atoms with van der Waals surface area (Å²) in [5.41, 5.74) is 4.30. The number of hydrogen-bond donors (Lipinski definition) is 1. The van der Waals surface area contributed by atoms with Crippen molar-refractivity contribution in [3.8, 4) is 5.75 Å². The Morgan fingerprint density at radius 3 is 2.67 bits per heavy atom. The van der Waals surface area contributed by atoms with Gasteiger partial charge in [-0.25, -0.2) is 4.68 Å². The van der Waals surface area contributed by atoms with Crippen molar-refractivity contribution in [2.75, 3.05) is 17.3 Å². The molecule has 1 aliphatic heterocycles. The lowest BCUT2D eigenvalue weighted by molar-refractivity contribution is -0.117. The van der Waals surface area contributed by atoms with Crippen molar-refractivity contribution in [2.24, 2.45) is 0 Å². The normalized spacial score (nSPS) is 13.9. The molecule has 30 heavy (non-hydrogen) atoms. The highest BCUT2D eigenvalue weighted by molar-refractivity contribution is 8.00.